The summed E-state index contributed by atoms with van der Waals surface area (Å²) >= 11 is 1.64. The fourth-order valence-corrected chi connectivity index (χ4v) is 3.46. The van der Waals surface area contributed by atoms with E-state index in [0.29, 0.717) is 11.5 Å². The molecule has 4 rings (SSSR count). The molecule has 1 aliphatic carbocycles. The maximum atomic E-state index is 12.2. The molecule has 0 saturated heterocycles. The van der Waals surface area contributed by atoms with Crippen LogP contribution in [0.1, 0.15) is 29.6 Å². The van der Waals surface area contributed by atoms with Gasteiger partial charge in [0.05, 0.1) is 23.1 Å². The van der Waals surface area contributed by atoms with Crippen molar-refractivity contribution in [2.75, 3.05) is 18.0 Å². The molecule has 2 aliphatic rings. The third-order valence-corrected chi connectivity index (χ3v) is 4.96. The van der Waals surface area contributed by atoms with Gasteiger partial charge in [-0.3, -0.25) is 9.56 Å². The molecule has 1 aromatic heterocycles. The van der Waals surface area contributed by atoms with Crippen LogP contribution < -0.4 is 5.73 Å². The molecule has 0 unspecified atom stereocenters. The molecule has 1 saturated carbocycles. The van der Waals surface area contributed by atoms with Crippen LogP contribution in [0.3, 0.4) is 0 Å². The number of ether oxygens (including phenoxy) is 1. The molecule has 2 N–H and O–H groups in total. The molecule has 0 atom stereocenters. The highest BCUT2D eigenvalue weighted by Gasteiger charge is 2.23. The van der Waals surface area contributed by atoms with E-state index < -0.39 is 0 Å². The number of nitrogen functional groups attached to an aromatic ring is 1. The first-order valence-electron chi connectivity index (χ1n) is 7.39. The predicted molar refractivity (Wildman–Crippen MR) is 87.4 cm³/mol. The monoisotopic (exact) mass is 316 g/mol. The number of esters is 1. The second-order valence-electron chi connectivity index (χ2n) is 5.48. The van der Waals surface area contributed by atoms with Crippen molar-refractivity contribution in [3.05, 3.63) is 23.8 Å². The standard InChI is InChI=1S/C15H16N4O2S/c16-14-18-11-5-4-9(13(20)21-10-2-1-3-10)8-12(11)19(14)15-17-6-7-22-15/h4-5,8,10H,1-3,6-7H2,(H2,16,18). The number of nitrogens with zero attached hydrogens (tertiary/aromatic N) is 3. The third kappa shape index (κ3) is 2.25. The van der Waals surface area contributed by atoms with Crippen LogP contribution in [0.15, 0.2) is 23.2 Å². The molecule has 1 fully saturated rings. The van der Waals surface area contributed by atoms with Gasteiger partial charge in [0.2, 0.25) is 5.95 Å². The number of aliphatic imine (C=N–C) groups is 1. The lowest BCUT2D eigenvalue weighted by molar-refractivity contribution is 0.00902. The number of benzene rings is 1. The summed E-state index contributed by atoms with van der Waals surface area (Å²) in [7, 11) is 0. The predicted octanol–water partition coefficient (Wildman–Crippen LogP) is 2.28. The highest BCUT2D eigenvalue weighted by molar-refractivity contribution is 8.14. The van der Waals surface area contributed by atoms with Crippen molar-refractivity contribution in [2.24, 2.45) is 4.99 Å². The lowest BCUT2D eigenvalue weighted by Gasteiger charge is -2.25. The van der Waals surface area contributed by atoms with Crippen molar-refractivity contribution in [2.45, 2.75) is 25.4 Å². The van der Waals surface area contributed by atoms with E-state index in [0.717, 1.165) is 47.8 Å². The topological polar surface area (TPSA) is 82.5 Å². The Balaban J connectivity index is 1.72. The number of aromatic nitrogens is 2. The first kappa shape index (κ1) is 13.6. The number of rotatable bonds is 2. The van der Waals surface area contributed by atoms with E-state index in [4.69, 9.17) is 10.5 Å². The van der Waals surface area contributed by atoms with Gasteiger partial charge in [-0.15, -0.1) is 0 Å². The number of carbonyl (C=O) groups is 1. The number of hydrogen-bond donors (Lipinski definition) is 1. The molecule has 1 aliphatic heterocycles. The molecule has 2 heterocycles. The Morgan fingerprint density at radius 2 is 2.27 bits per heavy atom. The average molecular weight is 316 g/mol. The maximum absolute atomic E-state index is 12.2. The van der Waals surface area contributed by atoms with E-state index in [1.165, 1.54) is 0 Å². The van der Waals surface area contributed by atoms with Crippen LogP contribution in [0.4, 0.5) is 5.95 Å². The highest BCUT2D eigenvalue weighted by atomic mass is 32.2. The number of carbonyl (C=O) groups excluding carboxylic acids is 1. The van der Waals surface area contributed by atoms with Gasteiger partial charge < -0.3 is 10.5 Å². The van der Waals surface area contributed by atoms with Gasteiger partial charge in [0, 0.05) is 5.75 Å². The zero-order valence-corrected chi connectivity index (χ0v) is 12.8. The third-order valence-electron chi connectivity index (χ3n) is 4.00. The van der Waals surface area contributed by atoms with Gasteiger partial charge in [-0.2, -0.15) is 0 Å². The zero-order valence-electron chi connectivity index (χ0n) is 12.0. The Kier molecular flexibility index (Phi) is 3.29. The van der Waals surface area contributed by atoms with Crippen LogP contribution in [0.2, 0.25) is 0 Å². The lowest BCUT2D eigenvalue weighted by atomic mass is 9.96. The second kappa shape index (κ2) is 5.31. The molecule has 2 aromatic rings. The number of nitrogens with two attached hydrogens (primary N) is 1. The van der Waals surface area contributed by atoms with Crippen LogP contribution in [0, 0.1) is 0 Å². The Morgan fingerprint density at radius 1 is 1.41 bits per heavy atom. The van der Waals surface area contributed by atoms with Crippen LogP contribution in [-0.4, -0.2) is 39.1 Å². The van der Waals surface area contributed by atoms with E-state index in [-0.39, 0.29) is 12.1 Å². The SMILES string of the molecule is Nc1nc2ccc(C(=O)OC3CCC3)cc2n1C1=NCCS1. The largest absolute Gasteiger partial charge is 0.459 e. The smallest absolute Gasteiger partial charge is 0.338 e. The van der Waals surface area contributed by atoms with Gasteiger partial charge in [0.1, 0.15) is 6.10 Å². The van der Waals surface area contributed by atoms with Gasteiger partial charge in [-0.25, -0.2) is 9.78 Å². The molecule has 0 amide bonds. The van der Waals surface area contributed by atoms with E-state index in [1.807, 2.05) is 4.57 Å². The van der Waals surface area contributed by atoms with E-state index in [1.54, 1.807) is 30.0 Å². The average Bonchev–Trinajstić information content (AvgIpc) is 3.07. The first-order chi connectivity index (χ1) is 10.7. The van der Waals surface area contributed by atoms with E-state index in [9.17, 15) is 4.79 Å². The van der Waals surface area contributed by atoms with Gasteiger partial charge in [0.25, 0.3) is 0 Å². The van der Waals surface area contributed by atoms with E-state index in [2.05, 4.69) is 9.98 Å². The van der Waals surface area contributed by atoms with Crippen LogP contribution in [0.25, 0.3) is 11.0 Å². The van der Waals surface area contributed by atoms with Crippen molar-refractivity contribution < 1.29 is 9.53 Å². The molecular formula is C15H16N4O2S. The molecule has 6 nitrogen and oxygen atoms in total. The fraction of sp³-hybridized carbons (Fsp3) is 0.400. The molecule has 0 radical (unpaired) electrons. The normalized spacial score (nSPS) is 18.3. The highest BCUT2D eigenvalue weighted by Crippen LogP contribution is 2.26. The minimum Gasteiger partial charge on any atom is -0.459 e. The summed E-state index contributed by atoms with van der Waals surface area (Å²) in [5.41, 5.74) is 8.10. The number of thioether (sulfide) groups is 1. The number of anilines is 1. The first-order valence-corrected chi connectivity index (χ1v) is 8.37. The maximum Gasteiger partial charge on any atom is 0.338 e. The quantitative estimate of drug-likeness (QED) is 0.860. The number of hydrogen-bond acceptors (Lipinski definition) is 6. The lowest BCUT2D eigenvalue weighted by Crippen LogP contribution is -2.25. The number of fused-ring (bicyclic) bond motifs is 1. The Hall–Kier alpha value is -2.02. The molecule has 114 valence electrons. The summed E-state index contributed by atoms with van der Waals surface area (Å²) in [6.45, 7) is 0.780. The summed E-state index contributed by atoms with van der Waals surface area (Å²) in [5, 5.41) is 0.838. The fourth-order valence-electron chi connectivity index (χ4n) is 2.59. The second-order valence-corrected chi connectivity index (χ2v) is 6.54. The molecule has 0 bridgehead atoms. The summed E-state index contributed by atoms with van der Waals surface area (Å²) in [5.74, 6) is 1.06. The summed E-state index contributed by atoms with van der Waals surface area (Å²) in [4.78, 5) is 21.0. The summed E-state index contributed by atoms with van der Waals surface area (Å²) in [6, 6.07) is 5.34. The molecule has 7 heteroatoms. The summed E-state index contributed by atoms with van der Waals surface area (Å²) < 4.78 is 7.27. The molecule has 22 heavy (non-hydrogen) atoms. The van der Waals surface area contributed by atoms with Gasteiger partial charge in [-0.1, -0.05) is 11.8 Å². The summed E-state index contributed by atoms with van der Waals surface area (Å²) in [6.07, 6.45) is 3.14. The molecule has 0 spiro atoms. The molecular weight excluding hydrogens is 300 g/mol. The zero-order chi connectivity index (χ0) is 15.1. The van der Waals surface area contributed by atoms with Crippen LogP contribution in [-0.2, 0) is 4.74 Å². The minimum absolute atomic E-state index is 0.0768. The Bertz CT molecular complexity index is 779. The van der Waals surface area contributed by atoms with Crippen molar-refractivity contribution in [1.82, 2.24) is 9.55 Å². The van der Waals surface area contributed by atoms with Crippen molar-refractivity contribution in [3.8, 4) is 0 Å². The van der Waals surface area contributed by atoms with Gasteiger partial charge in [-0.05, 0) is 37.5 Å². The van der Waals surface area contributed by atoms with Crippen molar-refractivity contribution in [3.63, 3.8) is 0 Å². The Morgan fingerprint density at radius 3 is 2.95 bits per heavy atom. The van der Waals surface area contributed by atoms with Gasteiger partial charge in [0.15, 0.2) is 5.17 Å². The minimum atomic E-state index is -0.279. The van der Waals surface area contributed by atoms with Crippen molar-refractivity contribution in [1.29, 1.82) is 0 Å². The van der Waals surface area contributed by atoms with Crippen LogP contribution >= 0.6 is 11.8 Å². The number of imidazole rings is 1. The van der Waals surface area contributed by atoms with Crippen LogP contribution in [0.5, 0.6) is 0 Å². The Labute approximate surface area is 131 Å². The van der Waals surface area contributed by atoms with Crippen molar-refractivity contribution >= 4 is 39.9 Å². The van der Waals surface area contributed by atoms with Gasteiger partial charge >= 0.3 is 5.97 Å². The van der Waals surface area contributed by atoms with E-state index >= 15 is 0 Å². The molecule has 1 aromatic carbocycles.